The molecule has 0 bridgehead atoms. The van der Waals surface area contributed by atoms with Crippen molar-refractivity contribution < 1.29 is 0 Å². The van der Waals surface area contributed by atoms with Crippen molar-refractivity contribution in [1.82, 2.24) is 0 Å². The topological polar surface area (TPSA) is 65.2 Å². The van der Waals surface area contributed by atoms with Crippen LogP contribution in [0, 0.1) is 16.2 Å². The number of halogens is 1. The molecule has 0 saturated carbocycles. The van der Waals surface area contributed by atoms with Crippen LogP contribution in [-0.4, -0.2) is 0 Å². The molecule has 0 fully saturated rings. The van der Waals surface area contributed by atoms with Crippen LogP contribution in [0.5, 0.6) is 0 Å². The Morgan fingerprint density at radius 1 is 1.22 bits per heavy atom. The van der Waals surface area contributed by atoms with Crippen LogP contribution in [0.2, 0.25) is 0 Å². The van der Waals surface area contributed by atoms with Crippen molar-refractivity contribution in [3.05, 3.63) is 57.4 Å². The Morgan fingerprint density at radius 2 is 2.06 bits per heavy atom. The minimum atomic E-state index is 0.217. The second-order valence-corrected chi connectivity index (χ2v) is 4.49. The molecule has 2 rings (SSSR count). The molecule has 0 aliphatic heterocycles. The smallest absolute Gasteiger partial charge is 0.132 e. The van der Waals surface area contributed by atoms with Crippen LogP contribution in [0.4, 0.5) is 17.1 Å². The van der Waals surface area contributed by atoms with Gasteiger partial charge in [0.25, 0.3) is 0 Å². The summed E-state index contributed by atoms with van der Waals surface area (Å²) < 4.78 is 0.932. The van der Waals surface area contributed by atoms with Gasteiger partial charge in [0.2, 0.25) is 0 Å². The van der Waals surface area contributed by atoms with E-state index < -0.39 is 0 Å². The number of nitrogens with one attached hydrogen (secondary N) is 1. The van der Waals surface area contributed by atoms with E-state index in [0.29, 0.717) is 11.3 Å². The first kappa shape index (κ1) is 12.3. The molecule has 18 heavy (non-hydrogen) atoms. The van der Waals surface area contributed by atoms with E-state index in [1.54, 1.807) is 12.1 Å². The molecule has 2 aromatic rings. The van der Waals surface area contributed by atoms with Crippen molar-refractivity contribution in [2.45, 2.75) is 0 Å². The van der Waals surface area contributed by atoms with Crippen molar-refractivity contribution in [3.8, 4) is 6.07 Å². The van der Waals surface area contributed by atoms with Gasteiger partial charge in [0.1, 0.15) is 5.69 Å². The quantitative estimate of drug-likeness (QED) is 0.851. The monoisotopic (exact) mass is 301 g/mol. The van der Waals surface area contributed by atoms with Gasteiger partial charge in [-0.2, -0.15) is 5.26 Å². The molecule has 0 radical (unpaired) electrons. The summed E-state index contributed by atoms with van der Waals surface area (Å²) in [7, 11) is 0. The maximum atomic E-state index is 10.7. The Balaban J connectivity index is 2.35. The van der Waals surface area contributed by atoms with Crippen molar-refractivity contribution in [1.29, 1.82) is 5.26 Å². The van der Waals surface area contributed by atoms with Crippen molar-refractivity contribution in [2.24, 2.45) is 5.18 Å². The third-order valence-electron chi connectivity index (χ3n) is 2.33. The van der Waals surface area contributed by atoms with Crippen LogP contribution >= 0.6 is 15.9 Å². The number of benzene rings is 2. The SMILES string of the molecule is N#Cc1ccc(Nc2cccc(Br)c2)c(N=O)c1. The number of anilines is 2. The van der Waals surface area contributed by atoms with Gasteiger partial charge in [-0.15, -0.1) is 4.91 Å². The third-order valence-corrected chi connectivity index (χ3v) is 2.82. The second kappa shape index (κ2) is 5.43. The molecule has 0 aromatic heterocycles. The van der Waals surface area contributed by atoms with E-state index in [4.69, 9.17) is 5.26 Å². The van der Waals surface area contributed by atoms with E-state index in [1.165, 1.54) is 6.07 Å². The number of rotatable bonds is 3. The molecule has 4 nitrogen and oxygen atoms in total. The van der Waals surface area contributed by atoms with Crippen molar-refractivity contribution in [2.75, 3.05) is 5.32 Å². The molecule has 5 heteroatoms. The Hall–Kier alpha value is -2.19. The summed E-state index contributed by atoms with van der Waals surface area (Å²) in [6, 6.07) is 14.3. The number of hydrogen-bond donors (Lipinski definition) is 1. The Kier molecular flexibility index (Phi) is 3.70. The van der Waals surface area contributed by atoms with Crippen molar-refractivity contribution >= 4 is 33.0 Å². The van der Waals surface area contributed by atoms with Gasteiger partial charge >= 0.3 is 0 Å². The minimum absolute atomic E-state index is 0.217. The number of nitriles is 1. The lowest BCUT2D eigenvalue weighted by atomic mass is 10.2. The second-order valence-electron chi connectivity index (χ2n) is 3.57. The van der Waals surface area contributed by atoms with Gasteiger partial charge in [-0.1, -0.05) is 22.0 Å². The van der Waals surface area contributed by atoms with E-state index in [0.717, 1.165) is 10.2 Å². The van der Waals surface area contributed by atoms with Crippen LogP contribution in [-0.2, 0) is 0 Å². The molecule has 0 unspecified atom stereocenters. The highest BCUT2D eigenvalue weighted by Crippen LogP contribution is 2.29. The molecule has 2 aromatic carbocycles. The molecule has 0 saturated heterocycles. The first-order valence-corrected chi connectivity index (χ1v) is 5.92. The van der Waals surface area contributed by atoms with Crippen LogP contribution in [0.25, 0.3) is 0 Å². The third kappa shape index (κ3) is 2.73. The van der Waals surface area contributed by atoms with E-state index in [9.17, 15) is 4.91 Å². The predicted molar refractivity (Wildman–Crippen MR) is 74.0 cm³/mol. The summed E-state index contributed by atoms with van der Waals surface area (Å²) in [5, 5.41) is 14.8. The first-order chi connectivity index (χ1) is 8.72. The molecule has 0 aliphatic carbocycles. The van der Waals surface area contributed by atoms with Gasteiger partial charge in [-0.25, -0.2) is 0 Å². The summed E-state index contributed by atoms with van der Waals surface area (Å²) in [6.07, 6.45) is 0. The van der Waals surface area contributed by atoms with Gasteiger partial charge in [-0.3, -0.25) is 0 Å². The molecule has 1 N–H and O–H groups in total. The zero-order valence-corrected chi connectivity index (χ0v) is 10.8. The fourth-order valence-electron chi connectivity index (χ4n) is 1.50. The molecule has 0 spiro atoms. The lowest BCUT2D eigenvalue weighted by Gasteiger charge is -2.08. The maximum absolute atomic E-state index is 10.7. The Bertz CT molecular complexity index is 634. The molecule has 0 atom stereocenters. The first-order valence-electron chi connectivity index (χ1n) is 5.13. The number of hydrogen-bond acceptors (Lipinski definition) is 4. The van der Waals surface area contributed by atoms with Gasteiger partial charge in [-0.05, 0) is 41.6 Å². The van der Waals surface area contributed by atoms with Gasteiger partial charge < -0.3 is 5.32 Å². The van der Waals surface area contributed by atoms with E-state index in [-0.39, 0.29) is 5.69 Å². The average molecular weight is 302 g/mol. The Morgan fingerprint density at radius 3 is 2.72 bits per heavy atom. The number of nitroso groups, excluding NO2 is 1. The maximum Gasteiger partial charge on any atom is 0.132 e. The predicted octanol–water partition coefficient (Wildman–Crippen LogP) is 4.46. The summed E-state index contributed by atoms with van der Waals surface area (Å²) in [4.78, 5) is 10.7. The highest BCUT2D eigenvalue weighted by atomic mass is 79.9. The number of nitrogens with zero attached hydrogens (tertiary/aromatic N) is 2. The Labute approximate surface area is 112 Å². The van der Waals surface area contributed by atoms with Crippen molar-refractivity contribution in [3.63, 3.8) is 0 Å². The fourth-order valence-corrected chi connectivity index (χ4v) is 1.90. The van der Waals surface area contributed by atoms with Crippen LogP contribution in [0.1, 0.15) is 5.56 Å². The summed E-state index contributed by atoms with van der Waals surface area (Å²) in [5.41, 5.74) is 2.03. The average Bonchev–Trinajstić information content (AvgIpc) is 2.39. The van der Waals surface area contributed by atoms with E-state index in [1.807, 2.05) is 30.3 Å². The van der Waals surface area contributed by atoms with Gasteiger partial charge in [0.15, 0.2) is 0 Å². The van der Waals surface area contributed by atoms with Crippen LogP contribution in [0.15, 0.2) is 52.1 Å². The van der Waals surface area contributed by atoms with Gasteiger partial charge in [0, 0.05) is 10.2 Å². The molecule has 0 amide bonds. The van der Waals surface area contributed by atoms with Gasteiger partial charge in [0.05, 0.1) is 17.3 Å². The lowest BCUT2D eigenvalue weighted by molar-refractivity contribution is 1.42. The zero-order chi connectivity index (χ0) is 13.0. The molecular weight excluding hydrogens is 294 g/mol. The molecule has 88 valence electrons. The fraction of sp³-hybridized carbons (Fsp3) is 0. The van der Waals surface area contributed by atoms with Crippen LogP contribution < -0.4 is 5.32 Å². The van der Waals surface area contributed by atoms with E-state index in [2.05, 4.69) is 26.4 Å². The largest absolute Gasteiger partial charge is 0.354 e. The molecular formula is C13H8BrN3O. The molecule has 0 heterocycles. The normalized spacial score (nSPS) is 9.56. The highest BCUT2D eigenvalue weighted by Gasteiger charge is 2.05. The molecule has 0 aliphatic rings. The lowest BCUT2D eigenvalue weighted by Crippen LogP contribution is -1.91. The minimum Gasteiger partial charge on any atom is -0.354 e. The van der Waals surface area contributed by atoms with E-state index >= 15 is 0 Å². The summed E-state index contributed by atoms with van der Waals surface area (Å²) in [6.45, 7) is 0. The van der Waals surface area contributed by atoms with Crippen LogP contribution in [0.3, 0.4) is 0 Å². The zero-order valence-electron chi connectivity index (χ0n) is 9.22. The summed E-state index contributed by atoms with van der Waals surface area (Å²) >= 11 is 3.37. The summed E-state index contributed by atoms with van der Waals surface area (Å²) in [5.74, 6) is 0. The standard InChI is InChI=1S/C13H8BrN3O/c14-10-2-1-3-11(7-10)16-12-5-4-9(8-15)6-13(12)17-18/h1-7,16H. The highest BCUT2D eigenvalue weighted by molar-refractivity contribution is 9.10.